The van der Waals surface area contributed by atoms with Crippen LogP contribution < -0.4 is 4.74 Å². The molecule has 2 rings (SSSR count). The topological polar surface area (TPSA) is 61.8 Å². The number of rotatable bonds is 3. The minimum Gasteiger partial charge on any atom is -0.497 e. The number of ether oxygens (including phenoxy) is 3. The first-order valence-corrected chi connectivity index (χ1v) is 6.32. The highest BCUT2D eigenvalue weighted by atomic mass is 16.6. The van der Waals surface area contributed by atoms with Crippen molar-refractivity contribution >= 4 is 11.9 Å². The van der Waals surface area contributed by atoms with Gasteiger partial charge in [0.25, 0.3) is 0 Å². The highest BCUT2D eigenvalue weighted by Gasteiger charge is 2.61. The predicted octanol–water partition coefficient (Wildman–Crippen LogP) is 2.04. The molecule has 20 heavy (non-hydrogen) atoms. The van der Waals surface area contributed by atoms with Crippen LogP contribution in [0.25, 0.3) is 0 Å². The van der Waals surface area contributed by atoms with Crippen LogP contribution >= 0.6 is 0 Å². The predicted molar refractivity (Wildman–Crippen MR) is 71.2 cm³/mol. The minimum absolute atomic E-state index is 0.00219. The standard InChI is InChI=1S/C15H18O5/c1-14(13(17)19-4)9-12(16)20-15(14,2)10-5-7-11(18-3)8-6-10/h5-8H,9H2,1-4H3/t14?,15-/m1/s1. The summed E-state index contributed by atoms with van der Waals surface area (Å²) in [6.45, 7) is 3.42. The normalized spacial score (nSPS) is 28.9. The Morgan fingerprint density at radius 1 is 1.20 bits per heavy atom. The largest absolute Gasteiger partial charge is 0.497 e. The smallest absolute Gasteiger partial charge is 0.316 e. The molecule has 0 spiro atoms. The van der Waals surface area contributed by atoms with Crippen molar-refractivity contribution in [3.8, 4) is 5.75 Å². The van der Waals surface area contributed by atoms with E-state index in [1.165, 1.54) is 7.11 Å². The highest BCUT2D eigenvalue weighted by molar-refractivity contribution is 5.88. The summed E-state index contributed by atoms with van der Waals surface area (Å²) in [6, 6.07) is 7.12. The van der Waals surface area contributed by atoms with E-state index in [2.05, 4.69) is 0 Å². The van der Waals surface area contributed by atoms with Crippen LogP contribution in [0.4, 0.5) is 0 Å². The zero-order valence-corrected chi connectivity index (χ0v) is 12.1. The molecule has 1 aliphatic rings. The monoisotopic (exact) mass is 278 g/mol. The SMILES string of the molecule is COC(=O)C1(C)CC(=O)O[C@]1(C)c1ccc(OC)cc1. The van der Waals surface area contributed by atoms with E-state index < -0.39 is 23.0 Å². The Kier molecular flexibility index (Phi) is 3.46. The molecule has 1 unspecified atom stereocenters. The van der Waals surface area contributed by atoms with Gasteiger partial charge in [-0.3, -0.25) is 9.59 Å². The molecule has 108 valence electrons. The van der Waals surface area contributed by atoms with Gasteiger partial charge >= 0.3 is 11.9 Å². The number of esters is 2. The van der Waals surface area contributed by atoms with Crippen molar-refractivity contribution in [2.75, 3.05) is 14.2 Å². The number of methoxy groups -OCH3 is 2. The van der Waals surface area contributed by atoms with Gasteiger partial charge in [-0.15, -0.1) is 0 Å². The molecule has 1 aromatic carbocycles. The molecule has 5 heteroatoms. The molecule has 1 aromatic rings. The van der Waals surface area contributed by atoms with E-state index in [0.29, 0.717) is 5.75 Å². The van der Waals surface area contributed by atoms with Crippen molar-refractivity contribution in [3.63, 3.8) is 0 Å². The van der Waals surface area contributed by atoms with Crippen molar-refractivity contribution in [2.24, 2.45) is 5.41 Å². The summed E-state index contributed by atoms with van der Waals surface area (Å²) in [4.78, 5) is 23.9. The van der Waals surface area contributed by atoms with Gasteiger partial charge in [-0.2, -0.15) is 0 Å². The average Bonchev–Trinajstić information content (AvgIpc) is 2.69. The zero-order valence-electron chi connectivity index (χ0n) is 12.1. The molecule has 1 saturated heterocycles. The van der Waals surface area contributed by atoms with Gasteiger partial charge in [-0.05, 0) is 31.5 Å². The molecule has 1 aliphatic heterocycles. The van der Waals surface area contributed by atoms with Crippen molar-refractivity contribution in [1.82, 2.24) is 0 Å². The second-order valence-electron chi connectivity index (χ2n) is 5.24. The Labute approximate surface area is 117 Å². The summed E-state index contributed by atoms with van der Waals surface area (Å²) in [6.07, 6.45) is 0.00219. The molecular formula is C15H18O5. The van der Waals surface area contributed by atoms with Gasteiger partial charge in [-0.1, -0.05) is 12.1 Å². The van der Waals surface area contributed by atoms with E-state index in [0.717, 1.165) is 5.56 Å². The first-order valence-electron chi connectivity index (χ1n) is 6.32. The van der Waals surface area contributed by atoms with Gasteiger partial charge in [0.15, 0.2) is 5.60 Å². The molecule has 0 amide bonds. The molecule has 2 atom stereocenters. The molecule has 0 aromatic heterocycles. The lowest BCUT2D eigenvalue weighted by atomic mass is 9.70. The van der Waals surface area contributed by atoms with Crippen LogP contribution in [0, 0.1) is 5.41 Å². The van der Waals surface area contributed by atoms with Gasteiger partial charge in [-0.25, -0.2) is 0 Å². The number of cyclic esters (lactones) is 1. The van der Waals surface area contributed by atoms with Crippen molar-refractivity contribution in [1.29, 1.82) is 0 Å². The van der Waals surface area contributed by atoms with Crippen LogP contribution in [0.3, 0.4) is 0 Å². The van der Waals surface area contributed by atoms with Crippen LogP contribution in [0.5, 0.6) is 5.75 Å². The van der Waals surface area contributed by atoms with Crippen LogP contribution in [0.1, 0.15) is 25.8 Å². The maximum atomic E-state index is 12.1. The van der Waals surface area contributed by atoms with Gasteiger partial charge < -0.3 is 14.2 Å². The van der Waals surface area contributed by atoms with Crippen molar-refractivity contribution in [3.05, 3.63) is 29.8 Å². The summed E-state index contributed by atoms with van der Waals surface area (Å²) < 4.78 is 15.4. The Hall–Kier alpha value is -2.04. The second-order valence-corrected chi connectivity index (χ2v) is 5.24. The molecule has 0 aliphatic carbocycles. The fourth-order valence-electron chi connectivity index (χ4n) is 2.61. The molecule has 0 N–H and O–H groups in total. The maximum Gasteiger partial charge on any atom is 0.316 e. The van der Waals surface area contributed by atoms with E-state index in [9.17, 15) is 9.59 Å². The summed E-state index contributed by atoms with van der Waals surface area (Å²) in [5.74, 6) is -0.167. The van der Waals surface area contributed by atoms with Crippen LogP contribution in [0.2, 0.25) is 0 Å². The summed E-state index contributed by atoms with van der Waals surface area (Å²) in [5.41, 5.74) is -1.37. The third-order valence-corrected chi connectivity index (χ3v) is 4.15. The summed E-state index contributed by atoms with van der Waals surface area (Å²) in [5, 5.41) is 0. The molecule has 1 fully saturated rings. The summed E-state index contributed by atoms with van der Waals surface area (Å²) in [7, 11) is 2.88. The Morgan fingerprint density at radius 3 is 2.30 bits per heavy atom. The fraction of sp³-hybridized carbons (Fsp3) is 0.467. The third-order valence-electron chi connectivity index (χ3n) is 4.15. The highest BCUT2D eigenvalue weighted by Crippen LogP contribution is 2.51. The van der Waals surface area contributed by atoms with Crippen LogP contribution in [0.15, 0.2) is 24.3 Å². The second kappa shape index (κ2) is 4.81. The molecular weight excluding hydrogens is 260 g/mol. The van der Waals surface area contributed by atoms with Crippen LogP contribution in [-0.4, -0.2) is 26.2 Å². The lowest BCUT2D eigenvalue weighted by Gasteiger charge is -2.36. The summed E-state index contributed by atoms with van der Waals surface area (Å²) >= 11 is 0. The Morgan fingerprint density at radius 2 is 1.80 bits per heavy atom. The van der Waals surface area contributed by atoms with Gasteiger partial charge in [0.05, 0.1) is 20.6 Å². The quantitative estimate of drug-likeness (QED) is 0.792. The van der Waals surface area contributed by atoms with Gasteiger partial charge in [0.2, 0.25) is 0 Å². The molecule has 0 saturated carbocycles. The lowest BCUT2D eigenvalue weighted by Crippen LogP contribution is -2.44. The van der Waals surface area contributed by atoms with Crippen molar-refractivity contribution in [2.45, 2.75) is 25.9 Å². The minimum atomic E-state index is -1.05. The first-order chi connectivity index (χ1) is 9.37. The average molecular weight is 278 g/mol. The maximum absolute atomic E-state index is 12.1. The van der Waals surface area contributed by atoms with E-state index >= 15 is 0 Å². The number of hydrogen-bond acceptors (Lipinski definition) is 5. The van der Waals surface area contributed by atoms with E-state index in [4.69, 9.17) is 14.2 Å². The van der Waals surface area contributed by atoms with Crippen LogP contribution in [-0.2, 0) is 24.7 Å². The van der Waals surface area contributed by atoms with E-state index in [1.54, 1.807) is 45.2 Å². The van der Waals surface area contributed by atoms with Crippen molar-refractivity contribution < 1.29 is 23.8 Å². The van der Waals surface area contributed by atoms with Gasteiger partial charge in [0.1, 0.15) is 11.2 Å². The number of carbonyl (C=O) groups excluding carboxylic acids is 2. The van der Waals surface area contributed by atoms with Gasteiger partial charge in [0, 0.05) is 0 Å². The molecule has 0 bridgehead atoms. The number of hydrogen-bond donors (Lipinski definition) is 0. The third kappa shape index (κ3) is 1.94. The number of carbonyl (C=O) groups is 2. The Balaban J connectivity index is 2.49. The van der Waals surface area contributed by atoms with E-state index in [1.807, 2.05) is 0 Å². The Bertz CT molecular complexity index is 536. The fourth-order valence-corrected chi connectivity index (χ4v) is 2.61. The van der Waals surface area contributed by atoms with E-state index in [-0.39, 0.29) is 6.42 Å². The molecule has 0 radical (unpaired) electrons. The zero-order chi connectivity index (χ0) is 15.0. The lowest BCUT2D eigenvalue weighted by molar-refractivity contribution is -0.165. The molecule has 1 heterocycles. The number of benzene rings is 1. The first kappa shape index (κ1) is 14.4. The molecule has 5 nitrogen and oxygen atoms in total.